The molecule has 0 aliphatic carbocycles. The number of rotatable bonds is 11. The molecule has 0 atom stereocenters. The number of aromatic carboxylic acids is 1. The van der Waals surface area contributed by atoms with Crippen molar-refractivity contribution in [3.63, 3.8) is 0 Å². The Balaban J connectivity index is 2.78. The van der Waals surface area contributed by atoms with E-state index in [1.54, 1.807) is 25.1 Å². The van der Waals surface area contributed by atoms with Crippen molar-refractivity contribution in [2.75, 3.05) is 19.8 Å². The molecule has 0 spiro atoms. The van der Waals surface area contributed by atoms with Crippen molar-refractivity contribution >= 4 is 22.7 Å². The van der Waals surface area contributed by atoms with Gasteiger partial charge < -0.3 is 19.3 Å². The summed E-state index contributed by atoms with van der Waals surface area (Å²) in [6, 6.07) is 7.21. The number of hydrogen-bond donors (Lipinski definition) is 1. The van der Waals surface area contributed by atoms with E-state index >= 15 is 0 Å². The molecule has 152 valence electrons. The quantitative estimate of drug-likeness (QED) is 0.427. The van der Waals surface area contributed by atoms with Gasteiger partial charge in [0, 0.05) is 10.8 Å². The number of esters is 1. The summed E-state index contributed by atoms with van der Waals surface area (Å²) in [5.74, 6) is -1.55. The smallest absolute Gasteiger partial charge is 0.342 e. The Morgan fingerprint density at radius 1 is 0.857 bits per heavy atom. The number of hydrogen-bond acceptors (Lipinski definition) is 5. The van der Waals surface area contributed by atoms with Gasteiger partial charge in [0.2, 0.25) is 0 Å². The third-order valence-electron chi connectivity index (χ3n) is 4.30. The van der Waals surface area contributed by atoms with Crippen molar-refractivity contribution in [3.05, 3.63) is 35.4 Å². The Morgan fingerprint density at radius 3 is 1.79 bits per heavy atom. The lowest BCUT2D eigenvalue weighted by molar-refractivity contribution is 0.0508. The van der Waals surface area contributed by atoms with Gasteiger partial charge in [0.05, 0.1) is 19.8 Å². The molecule has 6 heteroatoms. The van der Waals surface area contributed by atoms with Gasteiger partial charge in [-0.3, -0.25) is 0 Å². The van der Waals surface area contributed by atoms with E-state index in [0.29, 0.717) is 24.0 Å². The van der Waals surface area contributed by atoms with Crippen molar-refractivity contribution in [1.29, 1.82) is 0 Å². The molecule has 28 heavy (non-hydrogen) atoms. The first-order chi connectivity index (χ1) is 13.6. The third-order valence-corrected chi connectivity index (χ3v) is 4.30. The van der Waals surface area contributed by atoms with Crippen molar-refractivity contribution in [2.24, 2.45) is 0 Å². The normalized spacial score (nSPS) is 10.7. The summed E-state index contributed by atoms with van der Waals surface area (Å²) < 4.78 is 16.9. The number of carbonyl (C=O) groups is 2. The van der Waals surface area contributed by atoms with E-state index in [-0.39, 0.29) is 29.2 Å². The van der Waals surface area contributed by atoms with Crippen LogP contribution in [0.25, 0.3) is 10.8 Å². The summed E-state index contributed by atoms with van der Waals surface area (Å²) >= 11 is 0. The summed E-state index contributed by atoms with van der Waals surface area (Å²) in [6.07, 6.45) is 3.38. The zero-order chi connectivity index (χ0) is 20.5. The van der Waals surface area contributed by atoms with Gasteiger partial charge in [-0.25, -0.2) is 9.59 Å². The highest BCUT2D eigenvalue weighted by Gasteiger charge is 2.31. The van der Waals surface area contributed by atoms with Crippen molar-refractivity contribution in [3.8, 4) is 11.5 Å². The van der Waals surface area contributed by atoms with Gasteiger partial charge in [0.15, 0.2) is 0 Å². The lowest BCUT2D eigenvalue weighted by Gasteiger charge is -2.20. The van der Waals surface area contributed by atoms with E-state index in [0.717, 1.165) is 25.7 Å². The molecule has 0 heterocycles. The topological polar surface area (TPSA) is 82.1 Å². The predicted octanol–water partition coefficient (Wildman–Crippen LogP) is 5.07. The Labute approximate surface area is 165 Å². The molecule has 0 radical (unpaired) electrons. The van der Waals surface area contributed by atoms with Crippen LogP contribution in [-0.4, -0.2) is 36.9 Å². The second-order valence-corrected chi connectivity index (χ2v) is 6.38. The first-order valence-corrected chi connectivity index (χ1v) is 9.81. The number of benzene rings is 2. The zero-order valence-corrected chi connectivity index (χ0v) is 16.7. The number of unbranched alkanes of at least 4 members (excludes halogenated alkanes) is 2. The van der Waals surface area contributed by atoms with Gasteiger partial charge in [-0.1, -0.05) is 51.0 Å². The fourth-order valence-corrected chi connectivity index (χ4v) is 2.91. The predicted molar refractivity (Wildman–Crippen MR) is 108 cm³/mol. The van der Waals surface area contributed by atoms with E-state index in [4.69, 9.17) is 14.2 Å². The number of carboxylic acids is 1. The Kier molecular flexibility index (Phi) is 8.11. The highest BCUT2D eigenvalue weighted by atomic mass is 16.5. The van der Waals surface area contributed by atoms with Crippen LogP contribution in [0.4, 0.5) is 0 Å². The summed E-state index contributed by atoms with van der Waals surface area (Å²) in [6.45, 7) is 6.59. The van der Waals surface area contributed by atoms with Crippen molar-refractivity contribution in [1.82, 2.24) is 0 Å². The molecule has 6 nitrogen and oxygen atoms in total. The zero-order valence-electron chi connectivity index (χ0n) is 16.7. The highest BCUT2D eigenvalue weighted by molar-refractivity contribution is 6.14. The average Bonchev–Trinajstić information content (AvgIpc) is 2.68. The second-order valence-electron chi connectivity index (χ2n) is 6.38. The number of fused-ring (bicyclic) bond motifs is 1. The summed E-state index contributed by atoms with van der Waals surface area (Å²) in [4.78, 5) is 24.9. The maximum Gasteiger partial charge on any atom is 0.342 e. The van der Waals surface area contributed by atoms with Crippen LogP contribution in [-0.2, 0) is 4.74 Å². The van der Waals surface area contributed by atoms with E-state index in [1.165, 1.54) is 0 Å². The molecule has 1 N–H and O–H groups in total. The van der Waals surface area contributed by atoms with Crippen LogP contribution < -0.4 is 9.47 Å². The molecule has 0 aliphatic heterocycles. The van der Waals surface area contributed by atoms with Crippen LogP contribution in [0.3, 0.4) is 0 Å². The second kappa shape index (κ2) is 10.5. The lowest BCUT2D eigenvalue weighted by Crippen LogP contribution is -2.17. The SMILES string of the molecule is CCCCOc1c(C(=O)O)c(C(=O)OCC)c(OCCCC)c2ccccc12. The number of carboxylic acid groups (broad SMARTS) is 1. The van der Waals surface area contributed by atoms with Gasteiger partial charge in [0.25, 0.3) is 0 Å². The molecule has 0 aliphatic rings. The van der Waals surface area contributed by atoms with Crippen LogP contribution in [0.5, 0.6) is 11.5 Å². The molecule has 0 aromatic heterocycles. The van der Waals surface area contributed by atoms with Crippen molar-refractivity contribution < 1.29 is 28.9 Å². The maximum absolute atomic E-state index is 12.7. The summed E-state index contributed by atoms with van der Waals surface area (Å²) in [7, 11) is 0. The van der Waals surface area contributed by atoms with Gasteiger partial charge >= 0.3 is 11.9 Å². The molecular formula is C22H28O6. The van der Waals surface area contributed by atoms with E-state index in [9.17, 15) is 14.7 Å². The molecule has 0 unspecified atom stereocenters. The Hall–Kier alpha value is -2.76. The third kappa shape index (κ3) is 4.74. The van der Waals surface area contributed by atoms with E-state index in [1.807, 2.05) is 19.9 Å². The molecule has 2 rings (SSSR count). The van der Waals surface area contributed by atoms with Gasteiger partial charge in [-0.2, -0.15) is 0 Å². The fourth-order valence-electron chi connectivity index (χ4n) is 2.91. The lowest BCUT2D eigenvalue weighted by atomic mass is 9.97. The Morgan fingerprint density at radius 2 is 1.36 bits per heavy atom. The number of ether oxygens (including phenoxy) is 3. The molecule has 2 aromatic rings. The first-order valence-electron chi connectivity index (χ1n) is 9.81. The highest BCUT2D eigenvalue weighted by Crippen LogP contribution is 2.41. The van der Waals surface area contributed by atoms with Crippen LogP contribution >= 0.6 is 0 Å². The Bertz CT molecular complexity index is 827. The number of carbonyl (C=O) groups excluding carboxylic acids is 1. The molecule has 2 aromatic carbocycles. The molecule has 0 amide bonds. The molecule has 0 fully saturated rings. The summed E-state index contributed by atoms with van der Waals surface area (Å²) in [5.41, 5.74) is -0.296. The molecule has 0 saturated heterocycles. The minimum absolute atomic E-state index is 0.0874. The van der Waals surface area contributed by atoms with E-state index in [2.05, 4.69) is 0 Å². The first kappa shape index (κ1) is 21.5. The van der Waals surface area contributed by atoms with Gasteiger partial charge in [-0.15, -0.1) is 0 Å². The van der Waals surface area contributed by atoms with Crippen LogP contribution in [0.15, 0.2) is 24.3 Å². The van der Waals surface area contributed by atoms with Gasteiger partial charge in [-0.05, 0) is 19.8 Å². The summed E-state index contributed by atoms with van der Waals surface area (Å²) in [5, 5.41) is 11.2. The minimum atomic E-state index is -1.25. The molecule has 0 bridgehead atoms. The molecular weight excluding hydrogens is 360 g/mol. The van der Waals surface area contributed by atoms with Gasteiger partial charge in [0.1, 0.15) is 22.6 Å². The van der Waals surface area contributed by atoms with Crippen LogP contribution in [0.2, 0.25) is 0 Å². The monoisotopic (exact) mass is 388 g/mol. The largest absolute Gasteiger partial charge is 0.492 e. The minimum Gasteiger partial charge on any atom is -0.492 e. The van der Waals surface area contributed by atoms with Crippen molar-refractivity contribution in [2.45, 2.75) is 46.5 Å². The maximum atomic E-state index is 12.7. The standard InChI is InChI=1S/C22H28O6/c1-4-7-13-27-19-15-11-9-10-12-16(15)20(28-14-8-5-2)18(17(19)21(23)24)22(25)26-6-3/h9-12H,4-8,13-14H2,1-3H3,(H,23,24). The molecule has 0 saturated carbocycles. The fraction of sp³-hybridized carbons (Fsp3) is 0.455. The average molecular weight is 388 g/mol. The van der Waals surface area contributed by atoms with Crippen LogP contribution in [0, 0.1) is 0 Å². The van der Waals surface area contributed by atoms with E-state index < -0.39 is 11.9 Å². The van der Waals surface area contributed by atoms with Crippen LogP contribution in [0.1, 0.15) is 67.2 Å².